The van der Waals surface area contributed by atoms with E-state index in [0.29, 0.717) is 17.4 Å². The quantitative estimate of drug-likeness (QED) is 0.648. The number of nitrogens with one attached hydrogen (secondary N) is 1. The van der Waals surface area contributed by atoms with Crippen LogP contribution in [0.1, 0.15) is 37.8 Å². The molecule has 0 aliphatic heterocycles. The maximum Gasteiger partial charge on any atom is 0.334 e. The Kier molecular flexibility index (Phi) is 6.75. The summed E-state index contributed by atoms with van der Waals surface area (Å²) in [5, 5.41) is 2.62. The second-order valence-corrected chi connectivity index (χ2v) is 6.22. The number of amides is 1. The molecule has 0 saturated carbocycles. The van der Waals surface area contributed by atoms with Crippen molar-refractivity contribution in [3.8, 4) is 5.75 Å². The Hall–Kier alpha value is -1.49. The maximum absolute atomic E-state index is 12.2. The van der Waals surface area contributed by atoms with Crippen LogP contribution in [0.25, 0.3) is 0 Å². The maximum atomic E-state index is 12.2. The summed E-state index contributed by atoms with van der Waals surface area (Å²) in [6, 6.07) is 5.24. The van der Waals surface area contributed by atoms with E-state index in [1.807, 2.05) is 31.4 Å². The van der Waals surface area contributed by atoms with E-state index in [-0.39, 0.29) is 5.91 Å². The molecule has 116 valence electrons. The van der Waals surface area contributed by atoms with Gasteiger partial charge in [0, 0.05) is 12.7 Å². The van der Waals surface area contributed by atoms with Crippen molar-refractivity contribution in [3.05, 3.63) is 29.3 Å². The van der Waals surface area contributed by atoms with E-state index in [2.05, 4.69) is 19.2 Å². The van der Waals surface area contributed by atoms with Gasteiger partial charge in [0.2, 0.25) is 5.91 Å². The van der Waals surface area contributed by atoms with Crippen molar-refractivity contribution in [2.24, 2.45) is 0 Å². The standard InChI is InChI=1S/C16H23NO3S/c1-10(2)13-7-6-11(3)15(8-13)20-16(19)14(9-21-5)17-12(4)18/h6-8,10,14H,9H2,1-5H3,(H,17,18)/t14-/m0/s1. The molecule has 0 aliphatic rings. The van der Waals surface area contributed by atoms with E-state index >= 15 is 0 Å². The van der Waals surface area contributed by atoms with Gasteiger partial charge >= 0.3 is 5.97 Å². The Balaban J connectivity index is 2.89. The Bertz CT molecular complexity index is 514. The smallest absolute Gasteiger partial charge is 0.334 e. The number of carbonyl (C=O) groups is 2. The second-order valence-electron chi connectivity index (χ2n) is 5.31. The Labute approximate surface area is 130 Å². The van der Waals surface area contributed by atoms with Gasteiger partial charge in [-0.15, -0.1) is 0 Å². The zero-order chi connectivity index (χ0) is 16.0. The van der Waals surface area contributed by atoms with Crippen LogP contribution in [-0.2, 0) is 9.59 Å². The molecule has 5 heteroatoms. The predicted molar refractivity (Wildman–Crippen MR) is 86.9 cm³/mol. The molecule has 0 aliphatic carbocycles. The van der Waals surface area contributed by atoms with Crippen molar-refractivity contribution in [1.29, 1.82) is 0 Å². The molecule has 0 heterocycles. The first-order valence-electron chi connectivity index (χ1n) is 6.93. The molecule has 1 N–H and O–H groups in total. The van der Waals surface area contributed by atoms with E-state index in [0.717, 1.165) is 11.1 Å². The summed E-state index contributed by atoms with van der Waals surface area (Å²) in [4.78, 5) is 23.4. The van der Waals surface area contributed by atoms with Crippen molar-refractivity contribution < 1.29 is 14.3 Å². The lowest BCUT2D eigenvalue weighted by molar-refractivity contribution is -0.138. The van der Waals surface area contributed by atoms with Gasteiger partial charge in [-0.1, -0.05) is 26.0 Å². The lowest BCUT2D eigenvalue weighted by Gasteiger charge is -2.17. The number of carbonyl (C=O) groups excluding carboxylic acids is 2. The molecule has 0 fully saturated rings. The minimum absolute atomic E-state index is 0.237. The van der Waals surface area contributed by atoms with Gasteiger partial charge in [0.05, 0.1) is 0 Å². The largest absolute Gasteiger partial charge is 0.425 e. The fourth-order valence-electron chi connectivity index (χ4n) is 1.85. The van der Waals surface area contributed by atoms with Crippen LogP contribution in [0.15, 0.2) is 18.2 Å². The summed E-state index contributed by atoms with van der Waals surface area (Å²) in [5.41, 5.74) is 2.02. The number of esters is 1. The predicted octanol–water partition coefficient (Wildman–Crippen LogP) is 2.89. The van der Waals surface area contributed by atoms with E-state index in [4.69, 9.17) is 4.74 Å². The van der Waals surface area contributed by atoms with Gasteiger partial charge in [0.15, 0.2) is 0 Å². The monoisotopic (exact) mass is 309 g/mol. The van der Waals surface area contributed by atoms with Gasteiger partial charge < -0.3 is 10.1 Å². The summed E-state index contributed by atoms with van der Waals surface area (Å²) in [6.45, 7) is 7.47. The minimum atomic E-state index is -0.625. The third-order valence-corrected chi connectivity index (χ3v) is 3.75. The zero-order valence-corrected chi connectivity index (χ0v) is 14.0. The molecule has 0 spiro atoms. The lowest BCUT2D eigenvalue weighted by Crippen LogP contribution is -2.43. The van der Waals surface area contributed by atoms with Crippen LogP contribution in [0.5, 0.6) is 5.75 Å². The topological polar surface area (TPSA) is 55.4 Å². The second kappa shape index (κ2) is 8.08. The summed E-state index contributed by atoms with van der Waals surface area (Å²) >= 11 is 1.49. The molecule has 21 heavy (non-hydrogen) atoms. The molecule has 0 saturated heterocycles. The summed E-state index contributed by atoms with van der Waals surface area (Å²) in [7, 11) is 0. The van der Waals surface area contributed by atoms with Crippen molar-refractivity contribution in [2.45, 2.75) is 39.7 Å². The average molecular weight is 309 g/mol. The van der Waals surface area contributed by atoms with Crippen molar-refractivity contribution >= 4 is 23.6 Å². The molecule has 0 bridgehead atoms. The summed E-state index contributed by atoms with van der Waals surface area (Å²) in [5.74, 6) is 0.742. The minimum Gasteiger partial charge on any atom is -0.425 e. The number of ether oxygens (including phenoxy) is 1. The van der Waals surface area contributed by atoms with Crippen LogP contribution in [0.2, 0.25) is 0 Å². The van der Waals surface area contributed by atoms with Gasteiger partial charge in [-0.05, 0) is 36.3 Å². The number of thioether (sulfide) groups is 1. The van der Waals surface area contributed by atoms with E-state index in [9.17, 15) is 9.59 Å². The number of aryl methyl sites for hydroxylation is 1. The summed E-state index contributed by atoms with van der Waals surface area (Å²) < 4.78 is 5.48. The first-order chi connectivity index (χ1) is 9.85. The van der Waals surface area contributed by atoms with Gasteiger partial charge in [-0.25, -0.2) is 4.79 Å². The van der Waals surface area contributed by atoms with Crippen molar-refractivity contribution in [2.75, 3.05) is 12.0 Å². The van der Waals surface area contributed by atoms with Crippen molar-refractivity contribution in [3.63, 3.8) is 0 Å². The Morgan fingerprint density at radius 3 is 2.52 bits per heavy atom. The first-order valence-corrected chi connectivity index (χ1v) is 8.32. The highest BCUT2D eigenvalue weighted by atomic mass is 32.2. The molecule has 0 radical (unpaired) electrons. The fourth-order valence-corrected chi connectivity index (χ4v) is 2.40. The molecule has 1 aromatic rings. The molecule has 1 rings (SSSR count). The molecular weight excluding hydrogens is 286 g/mol. The molecule has 4 nitrogen and oxygen atoms in total. The summed E-state index contributed by atoms with van der Waals surface area (Å²) in [6.07, 6.45) is 1.88. The molecule has 0 unspecified atom stereocenters. The number of hydrogen-bond acceptors (Lipinski definition) is 4. The van der Waals surface area contributed by atoms with Crippen LogP contribution in [-0.4, -0.2) is 29.9 Å². The Morgan fingerprint density at radius 1 is 1.33 bits per heavy atom. The fraction of sp³-hybridized carbons (Fsp3) is 0.500. The molecule has 1 atom stereocenters. The SMILES string of the molecule is CSC[C@H](NC(C)=O)C(=O)Oc1cc(C(C)C)ccc1C. The third-order valence-electron chi connectivity index (χ3n) is 3.08. The Morgan fingerprint density at radius 2 is 2.00 bits per heavy atom. The first kappa shape index (κ1) is 17.6. The lowest BCUT2D eigenvalue weighted by atomic mass is 10.0. The average Bonchev–Trinajstić information content (AvgIpc) is 2.40. The van der Waals surface area contributed by atoms with E-state index in [1.54, 1.807) is 0 Å². The molecule has 1 amide bonds. The number of rotatable bonds is 6. The number of benzene rings is 1. The van der Waals surface area contributed by atoms with E-state index < -0.39 is 12.0 Å². The third kappa shape index (κ3) is 5.42. The van der Waals surface area contributed by atoms with E-state index in [1.165, 1.54) is 18.7 Å². The van der Waals surface area contributed by atoms with Gasteiger partial charge in [0.25, 0.3) is 0 Å². The molecule has 1 aromatic carbocycles. The number of hydrogen-bond donors (Lipinski definition) is 1. The van der Waals surface area contributed by atoms with Gasteiger partial charge in [0.1, 0.15) is 11.8 Å². The molecule has 0 aromatic heterocycles. The van der Waals surface area contributed by atoms with Crippen molar-refractivity contribution in [1.82, 2.24) is 5.32 Å². The highest BCUT2D eigenvalue weighted by Crippen LogP contribution is 2.24. The van der Waals surface area contributed by atoms with Crippen LogP contribution in [0.4, 0.5) is 0 Å². The van der Waals surface area contributed by atoms with Gasteiger partial charge in [-0.2, -0.15) is 11.8 Å². The van der Waals surface area contributed by atoms with Crippen LogP contribution >= 0.6 is 11.8 Å². The van der Waals surface area contributed by atoms with Gasteiger partial charge in [-0.3, -0.25) is 4.79 Å². The zero-order valence-electron chi connectivity index (χ0n) is 13.2. The van der Waals surface area contributed by atoms with Crippen LogP contribution in [0.3, 0.4) is 0 Å². The van der Waals surface area contributed by atoms with Crippen LogP contribution in [0, 0.1) is 6.92 Å². The highest BCUT2D eigenvalue weighted by molar-refractivity contribution is 7.98. The molecular formula is C16H23NO3S. The normalized spacial score (nSPS) is 12.1. The highest BCUT2D eigenvalue weighted by Gasteiger charge is 2.22. The van der Waals surface area contributed by atoms with Crippen LogP contribution < -0.4 is 10.1 Å².